The summed E-state index contributed by atoms with van der Waals surface area (Å²) in [6, 6.07) is 4.60. The van der Waals surface area contributed by atoms with E-state index in [4.69, 9.17) is 4.74 Å². The van der Waals surface area contributed by atoms with Crippen LogP contribution in [0.3, 0.4) is 0 Å². The molecular formula is C15H19FO2. The van der Waals surface area contributed by atoms with Crippen molar-refractivity contribution in [3.05, 3.63) is 29.6 Å². The fourth-order valence-electron chi connectivity index (χ4n) is 2.61. The minimum atomic E-state index is -0.232. The van der Waals surface area contributed by atoms with Crippen molar-refractivity contribution in [2.45, 2.75) is 39.7 Å². The van der Waals surface area contributed by atoms with E-state index in [0.29, 0.717) is 18.8 Å². The predicted octanol–water partition coefficient (Wildman–Crippen LogP) is 3.38. The van der Waals surface area contributed by atoms with Gasteiger partial charge < -0.3 is 4.74 Å². The molecule has 0 bridgehead atoms. The lowest BCUT2D eigenvalue weighted by Crippen LogP contribution is -2.26. The van der Waals surface area contributed by atoms with Crippen LogP contribution in [0.1, 0.15) is 32.8 Å². The maximum absolute atomic E-state index is 13.1. The number of Topliss-reactive ketones (excluding diaryl/α,β-unsaturated/α-hetero) is 1. The van der Waals surface area contributed by atoms with Gasteiger partial charge in [0.2, 0.25) is 0 Å². The number of rotatable bonds is 4. The molecule has 98 valence electrons. The van der Waals surface area contributed by atoms with Crippen molar-refractivity contribution < 1.29 is 13.9 Å². The van der Waals surface area contributed by atoms with Gasteiger partial charge in [0.15, 0.2) is 0 Å². The summed E-state index contributed by atoms with van der Waals surface area (Å²) in [5.41, 5.74) is 0.908. The summed E-state index contributed by atoms with van der Waals surface area (Å²) < 4.78 is 18.9. The number of ether oxygens (including phenoxy) is 1. The van der Waals surface area contributed by atoms with E-state index in [1.54, 1.807) is 13.0 Å². The van der Waals surface area contributed by atoms with E-state index >= 15 is 0 Å². The van der Waals surface area contributed by atoms with Crippen LogP contribution in [0.15, 0.2) is 18.2 Å². The zero-order valence-electron chi connectivity index (χ0n) is 11.1. The van der Waals surface area contributed by atoms with Crippen LogP contribution in [0.25, 0.3) is 0 Å². The van der Waals surface area contributed by atoms with E-state index < -0.39 is 0 Å². The monoisotopic (exact) mass is 250 g/mol. The standard InChI is InChI=1S/C15H19FO2/c1-9(2)14(10(3)17)8-13-7-11-6-12(16)4-5-15(11)18-13/h4-6,9,13-14H,7-8H2,1-3H3. The van der Waals surface area contributed by atoms with Crippen molar-refractivity contribution in [2.24, 2.45) is 11.8 Å². The molecule has 2 rings (SSSR count). The van der Waals surface area contributed by atoms with Crippen LogP contribution in [-0.2, 0) is 11.2 Å². The third-order valence-corrected chi connectivity index (χ3v) is 3.61. The first kappa shape index (κ1) is 13.1. The van der Waals surface area contributed by atoms with E-state index in [1.807, 2.05) is 13.8 Å². The van der Waals surface area contributed by atoms with Gasteiger partial charge >= 0.3 is 0 Å². The Bertz CT molecular complexity index is 454. The maximum Gasteiger partial charge on any atom is 0.133 e. The summed E-state index contributed by atoms with van der Waals surface area (Å²) in [5.74, 6) is 1.06. The Labute approximate surface area is 107 Å². The molecule has 0 amide bonds. The molecule has 1 aliphatic rings. The van der Waals surface area contributed by atoms with Crippen LogP contribution in [0.2, 0.25) is 0 Å². The molecule has 1 aromatic carbocycles. The second kappa shape index (κ2) is 5.09. The molecule has 2 nitrogen and oxygen atoms in total. The van der Waals surface area contributed by atoms with E-state index in [1.165, 1.54) is 12.1 Å². The fourth-order valence-corrected chi connectivity index (χ4v) is 2.61. The second-order valence-corrected chi connectivity index (χ2v) is 5.39. The number of hydrogen-bond donors (Lipinski definition) is 0. The molecule has 18 heavy (non-hydrogen) atoms. The van der Waals surface area contributed by atoms with Gasteiger partial charge in [-0.15, -0.1) is 0 Å². The van der Waals surface area contributed by atoms with Gasteiger partial charge in [0.05, 0.1) is 0 Å². The zero-order valence-corrected chi connectivity index (χ0v) is 11.1. The third kappa shape index (κ3) is 2.71. The normalized spacial score (nSPS) is 19.5. The van der Waals surface area contributed by atoms with Gasteiger partial charge in [0.1, 0.15) is 23.5 Å². The van der Waals surface area contributed by atoms with Crippen LogP contribution >= 0.6 is 0 Å². The van der Waals surface area contributed by atoms with Crippen LogP contribution < -0.4 is 4.74 Å². The van der Waals surface area contributed by atoms with Crippen LogP contribution in [0.4, 0.5) is 4.39 Å². The Hall–Kier alpha value is -1.38. The average Bonchev–Trinajstić information content (AvgIpc) is 2.66. The number of carbonyl (C=O) groups excluding carboxylic acids is 1. The average molecular weight is 250 g/mol. The fraction of sp³-hybridized carbons (Fsp3) is 0.533. The minimum absolute atomic E-state index is 0.00176. The predicted molar refractivity (Wildman–Crippen MR) is 68.1 cm³/mol. The Balaban J connectivity index is 2.05. The highest BCUT2D eigenvalue weighted by atomic mass is 19.1. The molecule has 0 N–H and O–H groups in total. The van der Waals surface area contributed by atoms with Gasteiger partial charge in [-0.3, -0.25) is 4.79 Å². The van der Waals surface area contributed by atoms with Crippen molar-refractivity contribution in [2.75, 3.05) is 0 Å². The van der Waals surface area contributed by atoms with Gasteiger partial charge in [0, 0.05) is 17.9 Å². The molecule has 1 heterocycles. The first-order valence-electron chi connectivity index (χ1n) is 6.43. The molecule has 1 aliphatic heterocycles. The largest absolute Gasteiger partial charge is 0.490 e. The molecule has 0 radical (unpaired) electrons. The lowest BCUT2D eigenvalue weighted by molar-refractivity contribution is -0.122. The number of hydrogen-bond acceptors (Lipinski definition) is 2. The summed E-state index contributed by atoms with van der Waals surface area (Å²) in [7, 11) is 0. The number of halogens is 1. The molecule has 0 aromatic heterocycles. The van der Waals surface area contributed by atoms with Crippen molar-refractivity contribution >= 4 is 5.78 Å². The summed E-state index contributed by atoms with van der Waals surface area (Å²) in [6.07, 6.45) is 1.41. The van der Waals surface area contributed by atoms with Gasteiger partial charge in [-0.05, 0) is 37.5 Å². The Morgan fingerprint density at radius 3 is 2.83 bits per heavy atom. The molecule has 0 saturated carbocycles. The van der Waals surface area contributed by atoms with E-state index in [2.05, 4.69) is 0 Å². The van der Waals surface area contributed by atoms with E-state index in [-0.39, 0.29) is 23.6 Å². The zero-order chi connectivity index (χ0) is 13.3. The quantitative estimate of drug-likeness (QED) is 0.818. The summed E-state index contributed by atoms with van der Waals surface area (Å²) >= 11 is 0. The first-order valence-corrected chi connectivity index (χ1v) is 6.43. The topological polar surface area (TPSA) is 26.3 Å². The van der Waals surface area contributed by atoms with Gasteiger partial charge in [-0.2, -0.15) is 0 Å². The number of fused-ring (bicyclic) bond motifs is 1. The molecule has 3 heteroatoms. The molecule has 1 aromatic rings. The molecule has 0 spiro atoms. The maximum atomic E-state index is 13.1. The minimum Gasteiger partial charge on any atom is -0.490 e. The van der Waals surface area contributed by atoms with Crippen molar-refractivity contribution in [1.82, 2.24) is 0 Å². The highest BCUT2D eigenvalue weighted by molar-refractivity contribution is 5.78. The van der Waals surface area contributed by atoms with Gasteiger partial charge in [-0.1, -0.05) is 13.8 Å². The Morgan fingerprint density at radius 2 is 2.22 bits per heavy atom. The SMILES string of the molecule is CC(=O)C(CC1Cc2cc(F)ccc2O1)C(C)C. The number of carbonyl (C=O) groups is 1. The highest BCUT2D eigenvalue weighted by Crippen LogP contribution is 2.33. The van der Waals surface area contributed by atoms with Crippen LogP contribution in [-0.4, -0.2) is 11.9 Å². The smallest absolute Gasteiger partial charge is 0.133 e. The van der Waals surface area contributed by atoms with E-state index in [9.17, 15) is 9.18 Å². The number of benzene rings is 1. The van der Waals surface area contributed by atoms with Crippen molar-refractivity contribution in [1.29, 1.82) is 0 Å². The second-order valence-electron chi connectivity index (χ2n) is 5.39. The van der Waals surface area contributed by atoms with Crippen LogP contribution in [0.5, 0.6) is 5.75 Å². The number of ketones is 1. The van der Waals surface area contributed by atoms with Gasteiger partial charge in [-0.25, -0.2) is 4.39 Å². The first-order chi connectivity index (χ1) is 8.47. The highest BCUT2D eigenvalue weighted by Gasteiger charge is 2.29. The summed E-state index contributed by atoms with van der Waals surface area (Å²) in [4.78, 5) is 11.6. The molecule has 0 fully saturated rings. The van der Waals surface area contributed by atoms with Gasteiger partial charge in [0.25, 0.3) is 0 Å². The van der Waals surface area contributed by atoms with Crippen LogP contribution in [0, 0.1) is 17.7 Å². The van der Waals surface area contributed by atoms with Crippen molar-refractivity contribution in [3.8, 4) is 5.75 Å². The molecule has 2 atom stereocenters. The molecular weight excluding hydrogens is 231 g/mol. The summed E-state index contributed by atoms with van der Waals surface area (Å²) in [5, 5.41) is 0. The molecule has 0 saturated heterocycles. The lowest BCUT2D eigenvalue weighted by atomic mass is 9.86. The van der Waals surface area contributed by atoms with E-state index in [0.717, 1.165) is 11.3 Å². The molecule has 0 aliphatic carbocycles. The summed E-state index contributed by atoms with van der Waals surface area (Å²) in [6.45, 7) is 5.73. The third-order valence-electron chi connectivity index (χ3n) is 3.61. The van der Waals surface area contributed by atoms with Crippen molar-refractivity contribution in [3.63, 3.8) is 0 Å². The molecule has 2 unspecified atom stereocenters. The lowest BCUT2D eigenvalue weighted by Gasteiger charge is -2.21. The Kier molecular flexibility index (Phi) is 3.69. The Morgan fingerprint density at radius 1 is 1.50 bits per heavy atom.